The summed E-state index contributed by atoms with van der Waals surface area (Å²) in [5.74, 6) is -0.409. The first-order valence-electron chi connectivity index (χ1n) is 5.52. The lowest BCUT2D eigenvalue weighted by Gasteiger charge is -2.14. The van der Waals surface area contributed by atoms with E-state index in [-0.39, 0.29) is 5.57 Å². The summed E-state index contributed by atoms with van der Waals surface area (Å²) >= 11 is 0. The summed E-state index contributed by atoms with van der Waals surface area (Å²) in [4.78, 5) is 17.1. The number of nitriles is 1. The quantitative estimate of drug-likeness (QED) is 0.308. The summed E-state index contributed by atoms with van der Waals surface area (Å²) in [6.45, 7) is 0. The van der Waals surface area contributed by atoms with E-state index >= 15 is 0 Å². The summed E-state index contributed by atoms with van der Waals surface area (Å²) in [6, 6.07) is 1.99. The topological polar surface area (TPSA) is 56.5 Å². The van der Waals surface area contributed by atoms with E-state index in [4.69, 9.17) is 5.26 Å². The van der Waals surface area contributed by atoms with Gasteiger partial charge in [0.1, 0.15) is 11.6 Å². The van der Waals surface area contributed by atoms with Crippen molar-refractivity contribution in [2.75, 3.05) is 14.1 Å². The molecule has 0 aromatic carbocycles. The molecule has 0 aromatic heterocycles. The predicted molar refractivity (Wildman–Crippen MR) is 62.9 cm³/mol. The van der Waals surface area contributed by atoms with Crippen LogP contribution in [0.2, 0.25) is 0 Å². The normalized spacial score (nSPS) is 15.9. The molecule has 1 aliphatic carbocycles. The zero-order valence-corrected chi connectivity index (χ0v) is 9.86. The van der Waals surface area contributed by atoms with Crippen LogP contribution < -0.4 is 0 Å². The van der Waals surface area contributed by atoms with Crippen LogP contribution in [0, 0.1) is 11.3 Å². The second kappa shape index (κ2) is 6.06. The van der Waals surface area contributed by atoms with Gasteiger partial charge in [-0.1, -0.05) is 6.42 Å². The minimum Gasteiger partial charge on any atom is -0.369 e. The number of allylic oxidation sites excluding steroid dienone is 1. The van der Waals surface area contributed by atoms with E-state index in [1.54, 1.807) is 19.0 Å². The molecule has 0 saturated heterocycles. The predicted octanol–water partition coefficient (Wildman–Crippen LogP) is 1.89. The highest BCUT2D eigenvalue weighted by Gasteiger charge is 2.16. The summed E-state index contributed by atoms with van der Waals surface area (Å²) in [7, 11) is 3.58. The molecule has 1 fully saturated rings. The van der Waals surface area contributed by atoms with E-state index in [1.165, 1.54) is 12.8 Å². The highest BCUT2D eigenvalue weighted by atomic mass is 16.1. The van der Waals surface area contributed by atoms with Crippen molar-refractivity contribution in [1.29, 1.82) is 5.26 Å². The number of amides is 1. The average molecular weight is 219 g/mol. The molecule has 16 heavy (non-hydrogen) atoms. The van der Waals surface area contributed by atoms with Gasteiger partial charge >= 0.3 is 0 Å². The zero-order chi connectivity index (χ0) is 12.0. The van der Waals surface area contributed by atoms with Crippen LogP contribution in [0.3, 0.4) is 0 Å². The van der Waals surface area contributed by atoms with Gasteiger partial charge in [0, 0.05) is 14.1 Å². The van der Waals surface area contributed by atoms with Crippen LogP contribution in [0.1, 0.15) is 32.1 Å². The third-order valence-electron chi connectivity index (χ3n) is 2.54. The Kier molecular flexibility index (Phi) is 4.71. The first-order chi connectivity index (χ1) is 7.65. The highest BCUT2D eigenvalue weighted by molar-refractivity contribution is 6.01. The molecule has 1 aliphatic rings. The van der Waals surface area contributed by atoms with Gasteiger partial charge in [-0.25, -0.2) is 0 Å². The second-order valence-corrected chi connectivity index (χ2v) is 4.16. The Morgan fingerprint density at radius 3 is 2.50 bits per heavy atom. The molecule has 4 heteroatoms. The molecular weight excluding hydrogens is 202 g/mol. The molecule has 0 radical (unpaired) electrons. The van der Waals surface area contributed by atoms with Crippen LogP contribution in [0.15, 0.2) is 16.1 Å². The zero-order valence-electron chi connectivity index (χ0n) is 9.86. The SMILES string of the molecule is CN(C)C=NC(=O)C(C#N)=C1CCCCC1. The lowest BCUT2D eigenvalue weighted by Crippen LogP contribution is -2.11. The molecule has 1 amide bonds. The van der Waals surface area contributed by atoms with Gasteiger partial charge in [0.2, 0.25) is 0 Å². The molecule has 0 heterocycles. The fourth-order valence-corrected chi connectivity index (χ4v) is 1.74. The van der Waals surface area contributed by atoms with Crippen LogP contribution in [0.5, 0.6) is 0 Å². The number of nitrogens with zero attached hydrogens (tertiary/aromatic N) is 3. The maximum absolute atomic E-state index is 11.7. The van der Waals surface area contributed by atoms with Crippen molar-refractivity contribution in [3.8, 4) is 6.07 Å². The summed E-state index contributed by atoms with van der Waals surface area (Å²) in [6.07, 6.45) is 6.51. The third-order valence-corrected chi connectivity index (χ3v) is 2.54. The maximum atomic E-state index is 11.7. The van der Waals surface area contributed by atoms with Gasteiger partial charge in [-0.05, 0) is 31.3 Å². The number of rotatable bonds is 2. The van der Waals surface area contributed by atoms with Gasteiger partial charge in [0.05, 0.1) is 6.34 Å². The van der Waals surface area contributed by atoms with Gasteiger partial charge in [-0.3, -0.25) is 4.79 Å². The highest BCUT2D eigenvalue weighted by Crippen LogP contribution is 2.25. The number of carbonyl (C=O) groups is 1. The van der Waals surface area contributed by atoms with Crippen molar-refractivity contribution in [3.63, 3.8) is 0 Å². The van der Waals surface area contributed by atoms with E-state index in [0.29, 0.717) is 0 Å². The van der Waals surface area contributed by atoms with Crippen LogP contribution in [0.25, 0.3) is 0 Å². The molecule has 86 valence electrons. The Balaban J connectivity index is 2.81. The van der Waals surface area contributed by atoms with Crippen molar-refractivity contribution in [3.05, 3.63) is 11.1 Å². The first-order valence-corrected chi connectivity index (χ1v) is 5.52. The van der Waals surface area contributed by atoms with Gasteiger partial charge in [0.25, 0.3) is 5.91 Å². The third kappa shape index (κ3) is 3.50. The standard InChI is InChI=1S/C12H17N3O/c1-15(2)9-14-12(16)11(8-13)10-6-4-3-5-7-10/h9H,3-7H2,1-2H3. The lowest BCUT2D eigenvalue weighted by atomic mass is 9.91. The van der Waals surface area contributed by atoms with E-state index in [1.807, 2.05) is 6.07 Å². The van der Waals surface area contributed by atoms with Crippen molar-refractivity contribution < 1.29 is 4.79 Å². The van der Waals surface area contributed by atoms with Crippen LogP contribution in [-0.2, 0) is 4.79 Å². The number of hydrogen-bond acceptors (Lipinski definition) is 2. The van der Waals surface area contributed by atoms with Crippen LogP contribution in [-0.4, -0.2) is 31.2 Å². The average Bonchev–Trinajstić information content (AvgIpc) is 2.29. The van der Waals surface area contributed by atoms with Gasteiger partial charge in [-0.2, -0.15) is 10.3 Å². The van der Waals surface area contributed by atoms with Crippen molar-refractivity contribution in [1.82, 2.24) is 4.90 Å². The summed E-state index contributed by atoms with van der Waals surface area (Å²) in [5.41, 5.74) is 1.23. The monoisotopic (exact) mass is 219 g/mol. The lowest BCUT2D eigenvalue weighted by molar-refractivity contribution is -0.114. The number of hydrogen-bond donors (Lipinski definition) is 0. The number of aliphatic imine (C=N–C) groups is 1. The van der Waals surface area contributed by atoms with E-state index in [0.717, 1.165) is 31.3 Å². The second-order valence-electron chi connectivity index (χ2n) is 4.16. The Labute approximate surface area is 96.3 Å². The Hall–Kier alpha value is -1.63. The Bertz CT molecular complexity index is 353. The smallest absolute Gasteiger partial charge is 0.288 e. The molecule has 0 spiro atoms. The molecule has 0 aromatic rings. The summed E-state index contributed by atoms with van der Waals surface area (Å²) in [5, 5.41) is 9.00. The molecule has 0 aliphatic heterocycles. The molecule has 0 atom stereocenters. The molecule has 0 N–H and O–H groups in total. The molecule has 1 rings (SSSR count). The number of carbonyl (C=O) groups excluding carboxylic acids is 1. The fraction of sp³-hybridized carbons (Fsp3) is 0.583. The maximum Gasteiger partial charge on any atom is 0.288 e. The van der Waals surface area contributed by atoms with Crippen molar-refractivity contribution in [2.45, 2.75) is 32.1 Å². The fourth-order valence-electron chi connectivity index (χ4n) is 1.74. The van der Waals surface area contributed by atoms with Gasteiger partial charge in [-0.15, -0.1) is 0 Å². The summed E-state index contributed by atoms with van der Waals surface area (Å²) < 4.78 is 0. The molecule has 4 nitrogen and oxygen atoms in total. The molecule has 0 bridgehead atoms. The minimum absolute atomic E-state index is 0.248. The molecule has 0 unspecified atom stereocenters. The molecule has 1 saturated carbocycles. The van der Waals surface area contributed by atoms with E-state index in [9.17, 15) is 4.79 Å². The minimum atomic E-state index is -0.409. The van der Waals surface area contributed by atoms with E-state index < -0.39 is 5.91 Å². The van der Waals surface area contributed by atoms with Crippen LogP contribution >= 0.6 is 0 Å². The van der Waals surface area contributed by atoms with Crippen LogP contribution in [0.4, 0.5) is 0 Å². The first kappa shape index (κ1) is 12.4. The van der Waals surface area contributed by atoms with E-state index in [2.05, 4.69) is 4.99 Å². The molecular formula is C12H17N3O. The Morgan fingerprint density at radius 2 is 2.00 bits per heavy atom. The Morgan fingerprint density at radius 1 is 1.38 bits per heavy atom. The van der Waals surface area contributed by atoms with Gasteiger partial charge < -0.3 is 4.90 Å². The van der Waals surface area contributed by atoms with Crippen molar-refractivity contribution in [2.24, 2.45) is 4.99 Å². The van der Waals surface area contributed by atoms with Crippen molar-refractivity contribution >= 4 is 12.2 Å². The largest absolute Gasteiger partial charge is 0.369 e. The van der Waals surface area contributed by atoms with Gasteiger partial charge in [0.15, 0.2) is 0 Å².